The van der Waals surface area contributed by atoms with Gasteiger partial charge in [0.1, 0.15) is 23.4 Å². The first-order valence-electron chi connectivity index (χ1n) is 16.2. The fourth-order valence-corrected chi connectivity index (χ4v) is 7.00. The van der Waals surface area contributed by atoms with Crippen LogP contribution >= 0.6 is 0 Å². The van der Waals surface area contributed by atoms with Crippen molar-refractivity contribution in [2.75, 3.05) is 35.5 Å². The topological polar surface area (TPSA) is 64.6 Å². The third kappa shape index (κ3) is 6.25. The summed E-state index contributed by atoms with van der Waals surface area (Å²) in [5.74, 6) is 3.50. The van der Waals surface area contributed by atoms with Crippen molar-refractivity contribution in [1.82, 2.24) is 0 Å². The second-order valence-electron chi connectivity index (χ2n) is 11.6. The van der Waals surface area contributed by atoms with E-state index in [-0.39, 0.29) is 0 Å². The van der Waals surface area contributed by atoms with E-state index in [1.807, 2.05) is 97.0 Å². The Balaban J connectivity index is 1.56. The smallest absolute Gasteiger partial charge is 0.486 e. The SMILES string of the molecule is COc1cc(/C=C\B2OC(C(OC)(c3ccccc3)c3ccccc3)[C@H](C(OC)(c3ccccc3)c3ccccc3)O2)cc(OC)c1OC. The molecule has 0 aliphatic carbocycles. The van der Waals surface area contributed by atoms with Crippen molar-refractivity contribution in [3.8, 4) is 17.2 Å². The van der Waals surface area contributed by atoms with Crippen molar-refractivity contribution in [2.24, 2.45) is 0 Å². The average Bonchev–Trinajstić information content (AvgIpc) is 3.61. The van der Waals surface area contributed by atoms with Gasteiger partial charge in [0.2, 0.25) is 5.75 Å². The van der Waals surface area contributed by atoms with Crippen LogP contribution in [0.25, 0.3) is 6.08 Å². The molecule has 0 radical (unpaired) electrons. The lowest BCUT2D eigenvalue weighted by Crippen LogP contribution is -2.56. The second kappa shape index (κ2) is 15.1. The maximum Gasteiger partial charge on any atom is 0.486 e. The first-order valence-corrected chi connectivity index (χ1v) is 16.2. The van der Waals surface area contributed by atoms with Gasteiger partial charge in [0.15, 0.2) is 11.5 Å². The zero-order chi connectivity index (χ0) is 34.3. The highest BCUT2D eigenvalue weighted by atomic mass is 16.7. The Kier molecular flexibility index (Phi) is 10.5. The molecule has 5 aromatic rings. The number of hydrogen-bond acceptors (Lipinski definition) is 7. The molecule has 0 N–H and O–H groups in total. The molecule has 1 aliphatic rings. The maximum atomic E-state index is 7.07. The largest absolute Gasteiger partial charge is 0.493 e. The Hall–Kier alpha value is -4.86. The van der Waals surface area contributed by atoms with E-state index >= 15 is 0 Å². The molecular formula is C41H41BO7. The molecule has 2 atom stereocenters. The molecule has 6 rings (SSSR count). The number of methoxy groups -OCH3 is 5. The van der Waals surface area contributed by atoms with Crippen molar-refractivity contribution < 1.29 is 33.0 Å². The fraction of sp³-hybridized carbons (Fsp3) is 0.220. The summed E-state index contributed by atoms with van der Waals surface area (Å²) in [4.78, 5) is 0. The normalized spacial score (nSPS) is 16.6. The van der Waals surface area contributed by atoms with Gasteiger partial charge in [0.05, 0.1) is 21.3 Å². The van der Waals surface area contributed by atoms with E-state index in [9.17, 15) is 0 Å². The molecular weight excluding hydrogens is 615 g/mol. The Bertz CT molecular complexity index is 1610. The molecule has 7 nitrogen and oxygen atoms in total. The zero-order valence-corrected chi connectivity index (χ0v) is 28.4. The van der Waals surface area contributed by atoms with E-state index in [4.69, 9.17) is 33.0 Å². The number of ether oxygens (including phenoxy) is 5. The highest BCUT2D eigenvalue weighted by Crippen LogP contribution is 2.50. The summed E-state index contributed by atoms with van der Waals surface area (Å²) in [7, 11) is 7.42. The Morgan fingerprint density at radius 1 is 0.510 bits per heavy atom. The zero-order valence-electron chi connectivity index (χ0n) is 28.4. The maximum absolute atomic E-state index is 7.07. The van der Waals surface area contributed by atoms with E-state index < -0.39 is 30.5 Å². The van der Waals surface area contributed by atoms with E-state index in [2.05, 4.69) is 48.5 Å². The van der Waals surface area contributed by atoms with E-state index in [0.717, 1.165) is 27.8 Å². The van der Waals surface area contributed by atoms with Crippen molar-refractivity contribution >= 4 is 13.2 Å². The molecule has 0 spiro atoms. The van der Waals surface area contributed by atoms with Gasteiger partial charge < -0.3 is 33.0 Å². The molecule has 1 fully saturated rings. The third-order valence-electron chi connectivity index (χ3n) is 9.23. The molecule has 8 heteroatoms. The minimum atomic E-state index is -1.10. The van der Waals surface area contributed by atoms with Crippen LogP contribution in [0.1, 0.15) is 27.8 Å². The summed E-state index contributed by atoms with van der Waals surface area (Å²) in [5.41, 5.74) is 2.29. The molecule has 1 aliphatic heterocycles. The quantitative estimate of drug-likeness (QED) is 0.120. The summed E-state index contributed by atoms with van der Waals surface area (Å²) in [6.45, 7) is 0. The predicted molar refractivity (Wildman–Crippen MR) is 192 cm³/mol. The number of rotatable bonds is 13. The van der Waals surface area contributed by atoms with Gasteiger partial charge in [0.25, 0.3) is 0 Å². The van der Waals surface area contributed by atoms with Crippen molar-refractivity contribution in [3.05, 3.63) is 167 Å². The minimum Gasteiger partial charge on any atom is -0.493 e. The lowest BCUT2D eigenvalue weighted by atomic mass is 9.71. The highest BCUT2D eigenvalue weighted by molar-refractivity contribution is 6.52. The molecule has 1 unspecified atom stereocenters. The van der Waals surface area contributed by atoms with Crippen LogP contribution in [-0.4, -0.2) is 54.9 Å². The monoisotopic (exact) mass is 656 g/mol. The molecule has 5 aromatic carbocycles. The Labute approximate surface area is 289 Å². The van der Waals surface area contributed by atoms with Crippen molar-refractivity contribution in [2.45, 2.75) is 23.4 Å². The number of benzene rings is 5. The van der Waals surface area contributed by atoms with Crippen LogP contribution in [0.2, 0.25) is 0 Å². The first-order chi connectivity index (χ1) is 24.0. The van der Waals surface area contributed by atoms with E-state index in [1.54, 1.807) is 35.5 Å². The first kappa shape index (κ1) is 34.0. The van der Waals surface area contributed by atoms with Gasteiger partial charge in [-0.1, -0.05) is 133 Å². The summed E-state index contributed by atoms with van der Waals surface area (Å²) in [5, 5.41) is 0. The van der Waals surface area contributed by atoms with Gasteiger partial charge in [0, 0.05) is 14.2 Å². The Morgan fingerprint density at radius 3 is 1.14 bits per heavy atom. The van der Waals surface area contributed by atoms with Crippen LogP contribution < -0.4 is 14.2 Å². The lowest BCUT2D eigenvalue weighted by molar-refractivity contribution is -0.136. The minimum absolute atomic E-state index is 0.516. The molecule has 1 saturated heterocycles. The summed E-state index contributed by atoms with van der Waals surface area (Å²) in [6, 6.07) is 44.3. The molecule has 1 heterocycles. The van der Waals surface area contributed by atoms with Gasteiger partial charge >= 0.3 is 7.12 Å². The van der Waals surface area contributed by atoms with E-state index in [0.29, 0.717) is 17.2 Å². The van der Waals surface area contributed by atoms with Crippen LogP contribution in [0, 0.1) is 0 Å². The predicted octanol–water partition coefficient (Wildman–Crippen LogP) is 7.72. The summed E-state index contributed by atoms with van der Waals surface area (Å²) >= 11 is 0. The molecule has 0 amide bonds. The molecule has 0 saturated carbocycles. The Morgan fingerprint density at radius 2 is 0.857 bits per heavy atom. The summed E-state index contributed by atoms with van der Waals surface area (Å²) < 4.78 is 44.3. The lowest BCUT2D eigenvalue weighted by Gasteiger charge is -2.46. The van der Waals surface area contributed by atoms with Gasteiger partial charge in [-0.05, 0) is 39.9 Å². The van der Waals surface area contributed by atoms with Crippen molar-refractivity contribution in [1.29, 1.82) is 0 Å². The second-order valence-corrected chi connectivity index (χ2v) is 11.6. The van der Waals surface area contributed by atoms with Crippen LogP contribution in [-0.2, 0) is 30.0 Å². The summed E-state index contributed by atoms with van der Waals surface area (Å²) in [6.07, 6.45) is 0.502. The van der Waals surface area contributed by atoms with Crippen LogP contribution in [0.5, 0.6) is 17.2 Å². The van der Waals surface area contributed by atoms with Crippen LogP contribution in [0.4, 0.5) is 0 Å². The van der Waals surface area contributed by atoms with E-state index in [1.165, 1.54) is 0 Å². The number of hydrogen-bond donors (Lipinski definition) is 0. The molecule has 0 aromatic heterocycles. The molecule has 250 valence electrons. The average molecular weight is 657 g/mol. The van der Waals surface area contributed by atoms with Crippen molar-refractivity contribution in [3.63, 3.8) is 0 Å². The van der Waals surface area contributed by atoms with Gasteiger partial charge in [-0.2, -0.15) is 0 Å². The van der Waals surface area contributed by atoms with Crippen LogP contribution in [0.15, 0.2) is 139 Å². The highest BCUT2D eigenvalue weighted by Gasteiger charge is 2.61. The fourth-order valence-electron chi connectivity index (χ4n) is 7.00. The van der Waals surface area contributed by atoms with Gasteiger partial charge in [-0.15, -0.1) is 0 Å². The van der Waals surface area contributed by atoms with Gasteiger partial charge in [-0.25, -0.2) is 0 Å². The molecule has 49 heavy (non-hydrogen) atoms. The van der Waals surface area contributed by atoms with Crippen LogP contribution in [0.3, 0.4) is 0 Å². The standard InChI is InChI=1S/C41H41BO7/c1-43-35-28-30(29-36(44-2)37(35)45-3)26-27-42-48-38(40(46-4,31-18-10-6-11-19-31)32-20-12-7-13-21-32)39(49-42)41(47-5,33-22-14-8-15-23-33)34-24-16-9-17-25-34/h6-29,38-39H,1-5H3/b27-26-/t38-,39?/m1/s1. The third-order valence-corrected chi connectivity index (χ3v) is 9.23. The molecule has 0 bridgehead atoms. The van der Waals surface area contributed by atoms with Gasteiger partial charge in [-0.3, -0.25) is 0 Å².